The van der Waals surface area contributed by atoms with Crippen LogP contribution < -0.4 is 10.1 Å². The van der Waals surface area contributed by atoms with Crippen molar-refractivity contribution in [3.63, 3.8) is 0 Å². The fourth-order valence-corrected chi connectivity index (χ4v) is 3.37. The van der Waals surface area contributed by atoms with Gasteiger partial charge in [-0.2, -0.15) is 0 Å². The van der Waals surface area contributed by atoms with Crippen molar-refractivity contribution >= 4 is 17.2 Å². The van der Waals surface area contributed by atoms with Crippen molar-refractivity contribution in [3.05, 3.63) is 71.2 Å². The predicted molar refractivity (Wildman–Crippen MR) is 101 cm³/mol. The first kappa shape index (κ1) is 17.2. The Morgan fingerprint density at radius 1 is 1.12 bits per heavy atom. The fraction of sp³-hybridized carbons (Fsp3) is 0.200. The van der Waals surface area contributed by atoms with Crippen molar-refractivity contribution < 1.29 is 9.53 Å². The minimum atomic E-state index is 0.0140. The maximum absolute atomic E-state index is 12.1. The molecule has 2 aromatic carbocycles. The number of hydrogen-bond acceptors (Lipinski definition) is 4. The molecule has 25 heavy (non-hydrogen) atoms. The van der Waals surface area contributed by atoms with Crippen molar-refractivity contribution in [3.8, 4) is 16.3 Å². The van der Waals surface area contributed by atoms with Crippen LogP contribution in [0.15, 0.2) is 60.0 Å². The number of amides is 1. The monoisotopic (exact) mass is 352 g/mol. The van der Waals surface area contributed by atoms with E-state index in [0.29, 0.717) is 19.4 Å². The number of hydrogen-bond donors (Lipinski definition) is 1. The molecular weight excluding hydrogens is 332 g/mol. The first-order chi connectivity index (χ1) is 12.3. The number of aromatic nitrogens is 1. The van der Waals surface area contributed by atoms with Crippen molar-refractivity contribution in [1.82, 2.24) is 10.3 Å². The number of thiazole rings is 1. The Bertz CT molecular complexity index is 830. The van der Waals surface area contributed by atoms with Gasteiger partial charge in [0.05, 0.1) is 12.8 Å². The van der Waals surface area contributed by atoms with Gasteiger partial charge in [-0.15, -0.1) is 11.3 Å². The molecule has 0 bridgehead atoms. The second-order valence-corrected chi connectivity index (χ2v) is 6.46. The van der Waals surface area contributed by atoms with Crippen LogP contribution in [-0.4, -0.2) is 18.0 Å². The lowest BCUT2D eigenvalue weighted by molar-refractivity contribution is -0.121. The molecule has 4 nitrogen and oxygen atoms in total. The molecule has 0 radical (unpaired) electrons. The second-order valence-electron chi connectivity index (χ2n) is 5.60. The molecule has 0 fully saturated rings. The Kier molecular flexibility index (Phi) is 5.80. The summed E-state index contributed by atoms with van der Waals surface area (Å²) in [5.41, 5.74) is 3.04. The quantitative estimate of drug-likeness (QED) is 0.697. The van der Waals surface area contributed by atoms with E-state index >= 15 is 0 Å². The van der Waals surface area contributed by atoms with Crippen LogP contribution in [0.2, 0.25) is 0 Å². The van der Waals surface area contributed by atoms with Crippen LogP contribution in [0, 0.1) is 0 Å². The molecule has 3 aromatic rings. The number of para-hydroxylation sites is 1. The van der Waals surface area contributed by atoms with Crippen molar-refractivity contribution in [2.45, 2.75) is 19.4 Å². The number of nitrogens with zero attached hydrogens (tertiary/aromatic N) is 1. The van der Waals surface area contributed by atoms with Crippen LogP contribution >= 0.6 is 11.3 Å². The van der Waals surface area contributed by atoms with E-state index in [1.165, 1.54) is 0 Å². The van der Waals surface area contributed by atoms with Gasteiger partial charge >= 0.3 is 0 Å². The third-order valence-electron chi connectivity index (χ3n) is 3.85. The average Bonchev–Trinajstić information content (AvgIpc) is 3.14. The van der Waals surface area contributed by atoms with Gasteiger partial charge in [0.25, 0.3) is 0 Å². The summed E-state index contributed by atoms with van der Waals surface area (Å²) in [5, 5.41) is 5.95. The SMILES string of the molecule is COc1ccccc1CNC(=O)CCc1csc(-c2ccccc2)n1. The molecule has 0 atom stereocenters. The van der Waals surface area contributed by atoms with E-state index < -0.39 is 0 Å². The first-order valence-corrected chi connectivity index (χ1v) is 9.02. The number of aryl methyl sites for hydroxylation is 1. The van der Waals surface area contributed by atoms with Gasteiger partial charge in [-0.25, -0.2) is 4.98 Å². The van der Waals surface area contributed by atoms with Crippen LogP contribution in [0.4, 0.5) is 0 Å². The molecular formula is C20H20N2O2S. The van der Waals surface area contributed by atoms with Gasteiger partial charge in [0.1, 0.15) is 10.8 Å². The molecule has 0 saturated heterocycles. The molecule has 1 N–H and O–H groups in total. The van der Waals surface area contributed by atoms with Crippen LogP contribution in [0.1, 0.15) is 17.7 Å². The smallest absolute Gasteiger partial charge is 0.220 e. The van der Waals surface area contributed by atoms with E-state index in [-0.39, 0.29) is 5.91 Å². The number of ether oxygens (including phenoxy) is 1. The summed E-state index contributed by atoms with van der Waals surface area (Å²) in [5.74, 6) is 0.801. The van der Waals surface area contributed by atoms with Gasteiger partial charge < -0.3 is 10.1 Å². The highest BCUT2D eigenvalue weighted by molar-refractivity contribution is 7.13. The van der Waals surface area contributed by atoms with E-state index in [1.807, 2.05) is 60.0 Å². The summed E-state index contributed by atoms with van der Waals surface area (Å²) >= 11 is 1.61. The molecule has 3 rings (SSSR count). The van der Waals surface area contributed by atoms with Crippen LogP contribution in [0.3, 0.4) is 0 Å². The maximum Gasteiger partial charge on any atom is 0.220 e. The Morgan fingerprint density at radius 2 is 1.88 bits per heavy atom. The molecule has 0 aliphatic heterocycles. The Labute approximate surface area is 151 Å². The molecule has 128 valence electrons. The highest BCUT2D eigenvalue weighted by Gasteiger charge is 2.08. The van der Waals surface area contributed by atoms with Crippen LogP contribution in [-0.2, 0) is 17.8 Å². The lowest BCUT2D eigenvalue weighted by Crippen LogP contribution is -2.23. The molecule has 0 saturated carbocycles. The Morgan fingerprint density at radius 3 is 2.68 bits per heavy atom. The highest BCUT2D eigenvalue weighted by Crippen LogP contribution is 2.23. The summed E-state index contributed by atoms with van der Waals surface area (Å²) in [6, 6.07) is 17.8. The van der Waals surface area contributed by atoms with Crippen molar-refractivity contribution in [2.24, 2.45) is 0 Å². The predicted octanol–water partition coefficient (Wildman–Crippen LogP) is 4.07. The number of nitrogens with one attached hydrogen (secondary N) is 1. The fourth-order valence-electron chi connectivity index (χ4n) is 2.51. The van der Waals surface area contributed by atoms with E-state index in [4.69, 9.17) is 4.74 Å². The average molecular weight is 352 g/mol. The van der Waals surface area contributed by atoms with Crippen LogP contribution in [0.25, 0.3) is 10.6 Å². The second kappa shape index (κ2) is 8.44. The summed E-state index contributed by atoms with van der Waals surface area (Å²) < 4.78 is 5.29. The van der Waals surface area contributed by atoms with Gasteiger partial charge in [0.15, 0.2) is 0 Å². The topological polar surface area (TPSA) is 51.2 Å². The van der Waals surface area contributed by atoms with E-state index in [9.17, 15) is 4.79 Å². The van der Waals surface area contributed by atoms with Crippen molar-refractivity contribution in [2.75, 3.05) is 7.11 Å². The molecule has 1 heterocycles. The zero-order chi connectivity index (χ0) is 17.5. The van der Waals surface area contributed by atoms with Gasteiger partial charge in [-0.05, 0) is 12.5 Å². The van der Waals surface area contributed by atoms with Gasteiger partial charge in [-0.3, -0.25) is 4.79 Å². The molecule has 5 heteroatoms. The number of carbonyl (C=O) groups is 1. The molecule has 0 unspecified atom stereocenters. The summed E-state index contributed by atoms with van der Waals surface area (Å²) in [6.45, 7) is 0.467. The summed E-state index contributed by atoms with van der Waals surface area (Å²) in [7, 11) is 1.63. The van der Waals surface area contributed by atoms with Crippen molar-refractivity contribution in [1.29, 1.82) is 0 Å². The van der Waals surface area contributed by atoms with Crippen LogP contribution in [0.5, 0.6) is 5.75 Å². The molecule has 1 aromatic heterocycles. The normalized spacial score (nSPS) is 10.4. The summed E-state index contributed by atoms with van der Waals surface area (Å²) in [6.07, 6.45) is 1.06. The number of benzene rings is 2. The molecule has 0 spiro atoms. The van der Waals surface area contributed by atoms with Gasteiger partial charge in [0, 0.05) is 29.5 Å². The highest BCUT2D eigenvalue weighted by atomic mass is 32.1. The van der Waals surface area contributed by atoms with Gasteiger partial charge in [-0.1, -0.05) is 48.5 Å². The van der Waals surface area contributed by atoms with Gasteiger partial charge in [0.2, 0.25) is 5.91 Å². The lowest BCUT2D eigenvalue weighted by atomic mass is 10.2. The minimum Gasteiger partial charge on any atom is -0.496 e. The first-order valence-electron chi connectivity index (χ1n) is 8.14. The third-order valence-corrected chi connectivity index (χ3v) is 4.79. The zero-order valence-corrected chi connectivity index (χ0v) is 14.9. The number of carbonyl (C=O) groups excluding carboxylic acids is 1. The number of rotatable bonds is 7. The van der Waals surface area contributed by atoms with E-state index in [1.54, 1.807) is 18.4 Å². The standard InChI is InChI=1S/C20H20N2O2S/c1-24-18-10-6-5-9-16(18)13-21-19(23)12-11-17-14-25-20(22-17)15-7-3-2-4-8-15/h2-10,14H,11-13H2,1H3,(H,21,23). The molecule has 0 aliphatic rings. The largest absolute Gasteiger partial charge is 0.496 e. The Hall–Kier alpha value is -2.66. The van der Waals surface area contributed by atoms with E-state index in [2.05, 4.69) is 10.3 Å². The van der Waals surface area contributed by atoms with E-state index in [0.717, 1.165) is 27.6 Å². The molecule has 1 amide bonds. The zero-order valence-electron chi connectivity index (χ0n) is 14.1. The summed E-state index contributed by atoms with van der Waals surface area (Å²) in [4.78, 5) is 16.7. The number of methoxy groups -OCH3 is 1. The molecule has 0 aliphatic carbocycles. The Balaban J connectivity index is 1.50. The lowest BCUT2D eigenvalue weighted by Gasteiger charge is -2.09. The minimum absolute atomic E-state index is 0.0140. The third kappa shape index (κ3) is 4.67. The maximum atomic E-state index is 12.1.